The van der Waals surface area contributed by atoms with Crippen LogP contribution >= 0.6 is 11.6 Å². The maximum absolute atomic E-state index is 11.0. The summed E-state index contributed by atoms with van der Waals surface area (Å²) in [5.74, 6) is -1.25. The van der Waals surface area contributed by atoms with E-state index in [0.29, 0.717) is 0 Å². The fraction of sp³-hybridized carbons (Fsp3) is 0. The Hall–Kier alpha value is -2.67. The van der Waals surface area contributed by atoms with E-state index in [1.54, 1.807) is 12.1 Å². The van der Waals surface area contributed by atoms with Gasteiger partial charge in [-0.05, 0) is 18.2 Å². The van der Waals surface area contributed by atoms with Crippen LogP contribution in [0.2, 0.25) is 5.02 Å². The van der Waals surface area contributed by atoms with Gasteiger partial charge in [-0.2, -0.15) is 0 Å². The largest absolute Gasteiger partial charge is 0.477 e. The van der Waals surface area contributed by atoms with Gasteiger partial charge in [-0.25, -0.2) is 9.78 Å². The predicted octanol–water partition coefficient (Wildman–Crippen LogP) is 3.13. The lowest BCUT2D eigenvalue weighted by molar-refractivity contribution is -0.385. The molecule has 0 fully saturated rings. The third-order valence-electron chi connectivity index (χ3n) is 2.33. The number of carboxylic acid groups (broad SMARTS) is 1. The minimum absolute atomic E-state index is 0.0827. The van der Waals surface area contributed by atoms with Crippen molar-refractivity contribution in [2.24, 2.45) is 0 Å². The van der Waals surface area contributed by atoms with E-state index in [-0.39, 0.29) is 16.7 Å². The van der Waals surface area contributed by atoms with Crippen molar-refractivity contribution >= 4 is 23.3 Å². The maximum atomic E-state index is 11.0. The Morgan fingerprint density at radius 3 is 2.75 bits per heavy atom. The van der Waals surface area contributed by atoms with Crippen LogP contribution in [0, 0.1) is 10.1 Å². The Bertz CT molecular complexity index is 689. The summed E-state index contributed by atoms with van der Waals surface area (Å²) >= 11 is 5.85. The van der Waals surface area contributed by atoms with Gasteiger partial charge in [-0.1, -0.05) is 11.6 Å². The number of nitro groups is 1. The minimum Gasteiger partial charge on any atom is -0.477 e. The number of rotatable bonds is 4. The molecule has 102 valence electrons. The molecule has 0 aliphatic heterocycles. The molecule has 20 heavy (non-hydrogen) atoms. The fourth-order valence-electron chi connectivity index (χ4n) is 1.47. The standard InChI is InChI=1S/C12H7ClN2O5/c13-9-2-1-5-14-11(9)20-7-3-4-10(15(18)19)8(6-7)12(16)17/h1-6H,(H,16,17). The molecular weight excluding hydrogens is 288 g/mol. The molecule has 0 radical (unpaired) electrons. The maximum Gasteiger partial charge on any atom is 0.342 e. The number of halogens is 1. The summed E-state index contributed by atoms with van der Waals surface area (Å²) in [7, 11) is 0. The Labute approximate surface area is 117 Å². The van der Waals surface area contributed by atoms with E-state index in [2.05, 4.69) is 4.98 Å². The Balaban J connectivity index is 2.40. The lowest BCUT2D eigenvalue weighted by atomic mass is 10.1. The molecule has 8 heteroatoms. The molecule has 2 aromatic rings. The zero-order valence-electron chi connectivity index (χ0n) is 9.82. The second-order valence-electron chi connectivity index (χ2n) is 3.63. The van der Waals surface area contributed by atoms with Crippen LogP contribution < -0.4 is 4.74 Å². The third kappa shape index (κ3) is 2.83. The van der Waals surface area contributed by atoms with Gasteiger partial charge in [0.25, 0.3) is 5.69 Å². The van der Waals surface area contributed by atoms with Crippen molar-refractivity contribution in [3.63, 3.8) is 0 Å². The number of nitrogens with zero attached hydrogens (tertiary/aromatic N) is 2. The van der Waals surface area contributed by atoms with Crippen molar-refractivity contribution in [3.05, 3.63) is 57.2 Å². The second-order valence-corrected chi connectivity index (χ2v) is 4.04. The van der Waals surface area contributed by atoms with Gasteiger partial charge < -0.3 is 9.84 Å². The molecule has 0 saturated carbocycles. The molecule has 0 atom stereocenters. The summed E-state index contributed by atoms with van der Waals surface area (Å²) in [5, 5.41) is 19.9. The quantitative estimate of drug-likeness (QED) is 0.686. The van der Waals surface area contributed by atoms with Crippen LogP contribution in [0.4, 0.5) is 5.69 Å². The van der Waals surface area contributed by atoms with Gasteiger partial charge in [0.2, 0.25) is 5.88 Å². The summed E-state index contributed by atoms with van der Waals surface area (Å²) in [6.07, 6.45) is 1.45. The summed E-state index contributed by atoms with van der Waals surface area (Å²) in [6, 6.07) is 6.53. The Kier molecular flexibility index (Phi) is 3.81. The number of hydrogen-bond donors (Lipinski definition) is 1. The number of nitro benzene ring substituents is 1. The summed E-state index contributed by atoms with van der Waals surface area (Å²) in [6.45, 7) is 0. The molecule has 7 nitrogen and oxygen atoms in total. The topological polar surface area (TPSA) is 103 Å². The average Bonchev–Trinajstić information content (AvgIpc) is 2.41. The van der Waals surface area contributed by atoms with Crippen molar-refractivity contribution in [1.29, 1.82) is 0 Å². The fourth-order valence-corrected chi connectivity index (χ4v) is 1.63. The second kappa shape index (κ2) is 5.54. The molecule has 1 aromatic carbocycles. The van der Waals surface area contributed by atoms with Crippen molar-refractivity contribution < 1.29 is 19.6 Å². The van der Waals surface area contributed by atoms with Gasteiger partial charge in [0, 0.05) is 18.3 Å². The van der Waals surface area contributed by atoms with Crippen LogP contribution in [0.1, 0.15) is 10.4 Å². The highest BCUT2D eigenvalue weighted by molar-refractivity contribution is 6.31. The predicted molar refractivity (Wildman–Crippen MR) is 69.4 cm³/mol. The molecule has 1 heterocycles. The van der Waals surface area contributed by atoms with Gasteiger partial charge in [0.15, 0.2) is 0 Å². The number of aromatic carboxylic acids is 1. The van der Waals surface area contributed by atoms with Crippen LogP contribution in [-0.4, -0.2) is 21.0 Å². The number of hydrogen-bond acceptors (Lipinski definition) is 5. The number of pyridine rings is 1. The molecule has 0 amide bonds. The Morgan fingerprint density at radius 2 is 2.15 bits per heavy atom. The van der Waals surface area contributed by atoms with Crippen LogP contribution in [0.5, 0.6) is 11.6 Å². The van der Waals surface area contributed by atoms with E-state index >= 15 is 0 Å². The van der Waals surface area contributed by atoms with Crippen LogP contribution in [0.3, 0.4) is 0 Å². The third-order valence-corrected chi connectivity index (χ3v) is 2.62. The van der Waals surface area contributed by atoms with Crippen LogP contribution in [0.15, 0.2) is 36.5 Å². The van der Waals surface area contributed by atoms with Gasteiger partial charge >= 0.3 is 5.97 Å². The number of carboxylic acids is 1. The summed E-state index contributed by atoms with van der Waals surface area (Å²) in [4.78, 5) is 24.8. The first-order valence-electron chi connectivity index (χ1n) is 5.29. The number of aromatic nitrogens is 1. The number of carbonyl (C=O) groups is 1. The van der Waals surface area contributed by atoms with E-state index < -0.39 is 22.1 Å². The SMILES string of the molecule is O=C(O)c1cc(Oc2ncccc2Cl)ccc1[N+](=O)[O-]. The van der Waals surface area contributed by atoms with Crippen molar-refractivity contribution in [2.75, 3.05) is 0 Å². The van der Waals surface area contributed by atoms with Crippen molar-refractivity contribution in [2.45, 2.75) is 0 Å². The molecule has 1 N–H and O–H groups in total. The molecule has 0 bridgehead atoms. The summed E-state index contributed by atoms with van der Waals surface area (Å²) < 4.78 is 5.31. The van der Waals surface area contributed by atoms with E-state index in [4.69, 9.17) is 21.4 Å². The first-order valence-corrected chi connectivity index (χ1v) is 5.67. The average molecular weight is 295 g/mol. The normalized spacial score (nSPS) is 10.1. The van der Waals surface area contributed by atoms with E-state index in [1.165, 1.54) is 12.3 Å². The first kappa shape index (κ1) is 13.8. The van der Waals surface area contributed by atoms with Crippen LogP contribution in [-0.2, 0) is 0 Å². The Morgan fingerprint density at radius 1 is 1.40 bits per heavy atom. The molecule has 0 saturated heterocycles. The lowest BCUT2D eigenvalue weighted by Crippen LogP contribution is -2.03. The zero-order chi connectivity index (χ0) is 14.7. The highest BCUT2D eigenvalue weighted by atomic mass is 35.5. The number of ether oxygens (including phenoxy) is 1. The molecule has 1 aromatic heterocycles. The van der Waals surface area contributed by atoms with E-state index in [0.717, 1.165) is 12.1 Å². The lowest BCUT2D eigenvalue weighted by Gasteiger charge is -2.06. The van der Waals surface area contributed by atoms with Gasteiger partial charge in [0.1, 0.15) is 16.3 Å². The van der Waals surface area contributed by atoms with Crippen LogP contribution in [0.25, 0.3) is 0 Å². The first-order chi connectivity index (χ1) is 9.49. The molecule has 2 rings (SSSR count). The van der Waals surface area contributed by atoms with Gasteiger partial charge in [-0.15, -0.1) is 0 Å². The van der Waals surface area contributed by atoms with Gasteiger partial charge in [0.05, 0.1) is 4.92 Å². The summed E-state index contributed by atoms with van der Waals surface area (Å²) in [5.41, 5.74) is -0.989. The molecule has 0 spiro atoms. The molecular formula is C12H7ClN2O5. The molecule has 0 aliphatic carbocycles. The van der Waals surface area contributed by atoms with E-state index in [9.17, 15) is 14.9 Å². The number of benzene rings is 1. The van der Waals surface area contributed by atoms with Crippen molar-refractivity contribution in [1.82, 2.24) is 4.98 Å². The molecule has 0 unspecified atom stereocenters. The minimum atomic E-state index is -1.42. The highest BCUT2D eigenvalue weighted by Gasteiger charge is 2.20. The monoisotopic (exact) mass is 294 g/mol. The van der Waals surface area contributed by atoms with Gasteiger partial charge in [-0.3, -0.25) is 10.1 Å². The smallest absolute Gasteiger partial charge is 0.342 e. The van der Waals surface area contributed by atoms with Crippen molar-refractivity contribution in [3.8, 4) is 11.6 Å². The zero-order valence-corrected chi connectivity index (χ0v) is 10.6. The molecule has 0 aliphatic rings. The highest BCUT2D eigenvalue weighted by Crippen LogP contribution is 2.30. The van der Waals surface area contributed by atoms with E-state index in [1.807, 2.05) is 0 Å².